The lowest BCUT2D eigenvalue weighted by atomic mass is 10.3. The van der Waals surface area contributed by atoms with E-state index in [0.29, 0.717) is 5.69 Å². The van der Waals surface area contributed by atoms with Crippen molar-refractivity contribution in [3.05, 3.63) is 30.3 Å². The molecule has 0 saturated carbocycles. The van der Waals surface area contributed by atoms with Gasteiger partial charge in [0.2, 0.25) is 0 Å². The molecule has 3 nitrogen and oxygen atoms in total. The van der Waals surface area contributed by atoms with Gasteiger partial charge in [-0.3, -0.25) is 4.79 Å². The molecule has 0 heterocycles. The first kappa shape index (κ1) is 9.67. The van der Waals surface area contributed by atoms with E-state index in [4.69, 9.17) is 0 Å². The van der Waals surface area contributed by atoms with Crippen molar-refractivity contribution < 1.29 is 13.9 Å². The van der Waals surface area contributed by atoms with Gasteiger partial charge in [-0.15, -0.1) is 0 Å². The molecular weight excluding hydrogens is 173 g/mol. The molecule has 0 aliphatic heterocycles. The van der Waals surface area contributed by atoms with E-state index in [9.17, 15) is 9.18 Å². The average molecular weight is 183 g/mol. The molecule has 0 fully saturated rings. The summed E-state index contributed by atoms with van der Waals surface area (Å²) in [5.41, 5.74) is 0.548. The second-order valence-electron chi connectivity index (χ2n) is 2.41. The number of methoxy groups -OCH3 is 1. The third-order valence-electron chi connectivity index (χ3n) is 1.45. The number of amides is 1. The Balaban J connectivity index is 2.55. The first-order valence-electron chi connectivity index (χ1n) is 3.77. The number of anilines is 1. The smallest absolute Gasteiger partial charge is 0.286 e. The molecule has 70 valence electrons. The summed E-state index contributed by atoms with van der Waals surface area (Å²) in [7, 11) is 1.13. The fraction of sp³-hybridized carbons (Fsp3) is 0.222. The summed E-state index contributed by atoms with van der Waals surface area (Å²) in [5, 5.41) is 2.35. The highest BCUT2D eigenvalue weighted by molar-refractivity contribution is 5.93. The number of carbonyl (C=O) groups excluding carboxylic acids is 1. The zero-order valence-electron chi connectivity index (χ0n) is 7.16. The van der Waals surface area contributed by atoms with Gasteiger partial charge in [0.15, 0.2) is 0 Å². The number of hydrogen-bond donors (Lipinski definition) is 1. The molecule has 0 bridgehead atoms. The molecule has 0 radical (unpaired) electrons. The Morgan fingerprint density at radius 2 is 2.08 bits per heavy atom. The second kappa shape index (κ2) is 4.57. The second-order valence-corrected chi connectivity index (χ2v) is 2.41. The van der Waals surface area contributed by atoms with E-state index in [-0.39, 0.29) is 0 Å². The summed E-state index contributed by atoms with van der Waals surface area (Å²) in [6.45, 7) is 0. The molecule has 1 aromatic rings. The highest BCUT2D eigenvalue weighted by Gasteiger charge is 2.15. The van der Waals surface area contributed by atoms with E-state index in [1.165, 1.54) is 0 Å². The fourth-order valence-corrected chi connectivity index (χ4v) is 0.828. The zero-order valence-corrected chi connectivity index (χ0v) is 7.16. The third kappa shape index (κ3) is 2.83. The minimum Gasteiger partial charge on any atom is -0.344 e. The van der Waals surface area contributed by atoms with Crippen LogP contribution in [-0.4, -0.2) is 19.4 Å². The lowest BCUT2D eigenvalue weighted by Crippen LogP contribution is -2.25. The molecule has 1 aromatic carbocycles. The fourth-order valence-electron chi connectivity index (χ4n) is 0.828. The summed E-state index contributed by atoms with van der Waals surface area (Å²) in [4.78, 5) is 10.9. The van der Waals surface area contributed by atoms with E-state index < -0.39 is 12.3 Å². The number of alkyl halides is 1. The van der Waals surface area contributed by atoms with E-state index in [2.05, 4.69) is 10.1 Å². The van der Waals surface area contributed by atoms with Crippen LogP contribution in [0.5, 0.6) is 0 Å². The molecule has 0 spiro atoms. The first-order valence-corrected chi connectivity index (χ1v) is 3.77. The monoisotopic (exact) mass is 183 g/mol. The molecule has 13 heavy (non-hydrogen) atoms. The lowest BCUT2D eigenvalue weighted by molar-refractivity contribution is -0.135. The van der Waals surface area contributed by atoms with Crippen molar-refractivity contribution in [3.8, 4) is 0 Å². The quantitative estimate of drug-likeness (QED) is 0.772. The molecule has 4 heteroatoms. The van der Waals surface area contributed by atoms with Crippen molar-refractivity contribution in [2.75, 3.05) is 12.4 Å². The van der Waals surface area contributed by atoms with Gasteiger partial charge in [0, 0.05) is 12.8 Å². The summed E-state index contributed by atoms with van der Waals surface area (Å²) in [5.74, 6) is -0.797. The van der Waals surface area contributed by atoms with Gasteiger partial charge in [0.05, 0.1) is 0 Å². The van der Waals surface area contributed by atoms with Gasteiger partial charge >= 0.3 is 0 Å². The Kier molecular flexibility index (Phi) is 3.40. The van der Waals surface area contributed by atoms with Crippen molar-refractivity contribution in [2.24, 2.45) is 0 Å². The Hall–Kier alpha value is -1.42. The molecule has 0 saturated heterocycles. The van der Waals surface area contributed by atoms with Gasteiger partial charge < -0.3 is 10.1 Å². The van der Waals surface area contributed by atoms with Crippen LogP contribution in [0.15, 0.2) is 30.3 Å². The van der Waals surface area contributed by atoms with Crippen LogP contribution in [0.2, 0.25) is 0 Å². The highest BCUT2D eigenvalue weighted by Crippen LogP contribution is 2.06. The predicted molar refractivity (Wildman–Crippen MR) is 47.0 cm³/mol. The van der Waals surface area contributed by atoms with Gasteiger partial charge in [-0.05, 0) is 12.1 Å². The molecular formula is C9H10FNO2. The van der Waals surface area contributed by atoms with Crippen LogP contribution in [0.25, 0.3) is 0 Å². The average Bonchev–Trinajstić information content (AvgIpc) is 2.18. The summed E-state index contributed by atoms with van der Waals surface area (Å²) >= 11 is 0. The van der Waals surface area contributed by atoms with Crippen LogP contribution in [-0.2, 0) is 9.53 Å². The van der Waals surface area contributed by atoms with Crippen LogP contribution < -0.4 is 5.32 Å². The van der Waals surface area contributed by atoms with Crippen LogP contribution in [0, 0.1) is 0 Å². The van der Waals surface area contributed by atoms with E-state index in [1.54, 1.807) is 30.3 Å². The summed E-state index contributed by atoms with van der Waals surface area (Å²) in [6, 6.07) is 8.63. The largest absolute Gasteiger partial charge is 0.344 e. The van der Waals surface area contributed by atoms with Gasteiger partial charge in [0.1, 0.15) is 0 Å². The van der Waals surface area contributed by atoms with Crippen LogP contribution >= 0.6 is 0 Å². The zero-order chi connectivity index (χ0) is 9.68. The maximum Gasteiger partial charge on any atom is 0.286 e. The van der Waals surface area contributed by atoms with Gasteiger partial charge in [0.25, 0.3) is 12.3 Å². The number of rotatable bonds is 3. The van der Waals surface area contributed by atoms with Crippen LogP contribution in [0.1, 0.15) is 0 Å². The number of ether oxygens (including phenoxy) is 1. The van der Waals surface area contributed by atoms with E-state index in [0.717, 1.165) is 7.11 Å². The lowest BCUT2D eigenvalue weighted by Gasteiger charge is -2.06. The molecule has 0 aromatic heterocycles. The number of hydrogen-bond acceptors (Lipinski definition) is 2. The van der Waals surface area contributed by atoms with Gasteiger partial charge in [-0.25, -0.2) is 4.39 Å². The van der Waals surface area contributed by atoms with Crippen molar-refractivity contribution >= 4 is 11.6 Å². The highest BCUT2D eigenvalue weighted by atomic mass is 19.1. The normalized spacial score (nSPS) is 12.2. The molecule has 1 unspecified atom stereocenters. The number of para-hydroxylation sites is 1. The van der Waals surface area contributed by atoms with Crippen molar-refractivity contribution in [1.29, 1.82) is 0 Å². The SMILES string of the molecule is COC(F)C(=O)Nc1ccccc1. The first-order chi connectivity index (χ1) is 6.24. The van der Waals surface area contributed by atoms with Crippen molar-refractivity contribution in [1.82, 2.24) is 0 Å². The van der Waals surface area contributed by atoms with Crippen LogP contribution in [0.3, 0.4) is 0 Å². The molecule has 0 aliphatic rings. The Labute approximate surface area is 75.5 Å². The topological polar surface area (TPSA) is 38.3 Å². The molecule has 1 amide bonds. The Morgan fingerprint density at radius 3 is 2.62 bits per heavy atom. The number of benzene rings is 1. The number of halogens is 1. The van der Waals surface area contributed by atoms with Gasteiger partial charge in [-0.2, -0.15) is 0 Å². The molecule has 1 rings (SSSR count). The summed E-state index contributed by atoms with van der Waals surface area (Å²) < 4.78 is 16.8. The number of nitrogens with one attached hydrogen (secondary N) is 1. The Morgan fingerprint density at radius 1 is 1.46 bits per heavy atom. The molecule has 1 atom stereocenters. The third-order valence-corrected chi connectivity index (χ3v) is 1.45. The Bertz CT molecular complexity index is 276. The maximum absolute atomic E-state index is 12.6. The van der Waals surface area contributed by atoms with E-state index >= 15 is 0 Å². The van der Waals surface area contributed by atoms with Gasteiger partial charge in [-0.1, -0.05) is 18.2 Å². The van der Waals surface area contributed by atoms with Crippen LogP contribution in [0.4, 0.5) is 10.1 Å². The minimum absolute atomic E-state index is 0.548. The maximum atomic E-state index is 12.6. The summed E-state index contributed by atoms with van der Waals surface area (Å²) in [6.07, 6.45) is -1.92. The standard InChI is InChI=1S/C9H10FNO2/c1-13-8(10)9(12)11-7-5-3-2-4-6-7/h2-6,8H,1H3,(H,11,12). The predicted octanol–water partition coefficient (Wildman–Crippen LogP) is 1.57. The minimum atomic E-state index is -1.92. The van der Waals surface area contributed by atoms with Crippen molar-refractivity contribution in [2.45, 2.75) is 6.36 Å². The van der Waals surface area contributed by atoms with Crippen molar-refractivity contribution in [3.63, 3.8) is 0 Å². The number of carbonyl (C=O) groups is 1. The van der Waals surface area contributed by atoms with E-state index in [1.807, 2.05) is 0 Å². The molecule has 0 aliphatic carbocycles. The molecule has 1 N–H and O–H groups in total.